The highest BCUT2D eigenvalue weighted by Gasteiger charge is 2.11. The Morgan fingerprint density at radius 1 is 1.04 bits per heavy atom. The van der Waals surface area contributed by atoms with E-state index in [1.807, 2.05) is 30.3 Å². The van der Waals surface area contributed by atoms with Gasteiger partial charge in [0, 0.05) is 25.8 Å². The first-order chi connectivity index (χ1) is 11.7. The summed E-state index contributed by atoms with van der Waals surface area (Å²) in [5.41, 5.74) is 1.61. The lowest BCUT2D eigenvalue weighted by Gasteiger charge is -2.12. The second-order valence-corrected chi connectivity index (χ2v) is 5.24. The van der Waals surface area contributed by atoms with Gasteiger partial charge in [-0.05, 0) is 30.2 Å². The van der Waals surface area contributed by atoms with E-state index in [9.17, 15) is 4.79 Å². The fourth-order valence-electron chi connectivity index (χ4n) is 2.18. The van der Waals surface area contributed by atoms with E-state index in [1.54, 1.807) is 32.4 Å². The molecule has 1 N–H and O–H groups in total. The van der Waals surface area contributed by atoms with E-state index in [0.717, 1.165) is 12.0 Å². The Kier molecular flexibility index (Phi) is 7.11. The number of hydrogen-bond acceptors (Lipinski definition) is 4. The number of carbonyl (C=O) groups excluding carboxylic acids is 1. The topological polar surface area (TPSA) is 56.8 Å². The Hall–Kier alpha value is -2.53. The van der Waals surface area contributed by atoms with Gasteiger partial charge in [0.25, 0.3) is 5.91 Å². The van der Waals surface area contributed by atoms with Crippen molar-refractivity contribution in [2.24, 2.45) is 0 Å². The van der Waals surface area contributed by atoms with E-state index < -0.39 is 0 Å². The van der Waals surface area contributed by atoms with Crippen LogP contribution < -0.4 is 14.8 Å². The third-order valence-electron chi connectivity index (χ3n) is 3.47. The molecule has 1 amide bonds. The minimum Gasteiger partial charge on any atom is -0.493 e. The molecule has 0 unspecified atom stereocenters. The van der Waals surface area contributed by atoms with Crippen LogP contribution in [0.15, 0.2) is 48.5 Å². The molecule has 0 radical (unpaired) electrons. The minimum absolute atomic E-state index is 0.140. The van der Waals surface area contributed by atoms with Crippen molar-refractivity contribution in [2.45, 2.75) is 13.0 Å². The molecule has 0 saturated heterocycles. The molecule has 0 heterocycles. The molecule has 2 aromatic rings. The highest BCUT2D eigenvalue weighted by Crippen LogP contribution is 2.28. The molecule has 0 saturated carbocycles. The first-order valence-electron chi connectivity index (χ1n) is 7.86. The second-order valence-electron chi connectivity index (χ2n) is 5.24. The predicted octanol–water partition coefficient (Wildman–Crippen LogP) is 3.04. The van der Waals surface area contributed by atoms with Gasteiger partial charge in [-0.3, -0.25) is 4.79 Å². The summed E-state index contributed by atoms with van der Waals surface area (Å²) in [5, 5.41) is 2.85. The zero-order valence-electron chi connectivity index (χ0n) is 14.1. The normalized spacial score (nSPS) is 10.2. The number of amides is 1. The first-order valence-corrected chi connectivity index (χ1v) is 7.86. The van der Waals surface area contributed by atoms with Crippen molar-refractivity contribution < 1.29 is 19.0 Å². The van der Waals surface area contributed by atoms with Gasteiger partial charge < -0.3 is 19.5 Å². The molecule has 128 valence electrons. The van der Waals surface area contributed by atoms with Crippen LogP contribution in [0.1, 0.15) is 22.3 Å². The van der Waals surface area contributed by atoms with Gasteiger partial charge in [0.05, 0.1) is 7.11 Å². The summed E-state index contributed by atoms with van der Waals surface area (Å²) in [6.45, 7) is 1.64. The van der Waals surface area contributed by atoms with Gasteiger partial charge in [-0.25, -0.2) is 0 Å². The smallest absolute Gasteiger partial charge is 0.251 e. The minimum atomic E-state index is -0.140. The SMILES string of the molecule is COCCCNC(=O)c1ccc(OCc2ccccc2)c(OC)c1. The monoisotopic (exact) mass is 329 g/mol. The number of methoxy groups -OCH3 is 2. The third-order valence-corrected chi connectivity index (χ3v) is 3.47. The Morgan fingerprint density at radius 2 is 1.83 bits per heavy atom. The summed E-state index contributed by atoms with van der Waals surface area (Å²) in [6, 6.07) is 15.1. The molecule has 5 heteroatoms. The molecule has 2 aromatic carbocycles. The van der Waals surface area contributed by atoms with Gasteiger partial charge in [-0.1, -0.05) is 30.3 Å². The van der Waals surface area contributed by atoms with Gasteiger partial charge in [0.2, 0.25) is 0 Å². The van der Waals surface area contributed by atoms with Crippen molar-refractivity contribution in [1.29, 1.82) is 0 Å². The van der Waals surface area contributed by atoms with Crippen LogP contribution in [-0.4, -0.2) is 33.3 Å². The van der Waals surface area contributed by atoms with Crippen molar-refractivity contribution in [1.82, 2.24) is 5.32 Å². The largest absolute Gasteiger partial charge is 0.493 e. The predicted molar refractivity (Wildman–Crippen MR) is 92.6 cm³/mol. The Labute approximate surface area is 142 Å². The maximum Gasteiger partial charge on any atom is 0.251 e. The molecule has 0 aliphatic carbocycles. The number of ether oxygens (including phenoxy) is 3. The number of benzene rings is 2. The Morgan fingerprint density at radius 3 is 2.54 bits per heavy atom. The van der Waals surface area contributed by atoms with E-state index >= 15 is 0 Å². The van der Waals surface area contributed by atoms with Gasteiger partial charge >= 0.3 is 0 Å². The maximum absolute atomic E-state index is 12.1. The van der Waals surface area contributed by atoms with Crippen LogP contribution in [0.4, 0.5) is 0 Å². The van der Waals surface area contributed by atoms with Crippen LogP contribution in [0.2, 0.25) is 0 Å². The number of carbonyl (C=O) groups is 1. The van der Waals surface area contributed by atoms with Crippen molar-refractivity contribution >= 4 is 5.91 Å². The third kappa shape index (κ3) is 5.28. The van der Waals surface area contributed by atoms with E-state index in [-0.39, 0.29) is 5.91 Å². The quantitative estimate of drug-likeness (QED) is 0.719. The summed E-state index contributed by atoms with van der Waals surface area (Å²) in [5.74, 6) is 1.01. The summed E-state index contributed by atoms with van der Waals surface area (Å²) in [7, 11) is 3.20. The van der Waals surface area contributed by atoms with E-state index in [1.165, 1.54) is 0 Å². The molecule has 0 spiro atoms. The highest BCUT2D eigenvalue weighted by atomic mass is 16.5. The van der Waals surface area contributed by atoms with Gasteiger partial charge in [0.15, 0.2) is 11.5 Å². The van der Waals surface area contributed by atoms with Crippen LogP contribution in [0, 0.1) is 0 Å². The van der Waals surface area contributed by atoms with Crippen LogP contribution in [0.3, 0.4) is 0 Å². The fourth-order valence-corrected chi connectivity index (χ4v) is 2.18. The molecule has 24 heavy (non-hydrogen) atoms. The lowest BCUT2D eigenvalue weighted by molar-refractivity contribution is 0.0948. The molecule has 0 atom stereocenters. The van der Waals surface area contributed by atoms with Crippen molar-refractivity contribution in [3.8, 4) is 11.5 Å². The van der Waals surface area contributed by atoms with E-state index in [0.29, 0.717) is 36.8 Å². The lowest BCUT2D eigenvalue weighted by atomic mass is 10.2. The van der Waals surface area contributed by atoms with Crippen molar-refractivity contribution in [3.05, 3.63) is 59.7 Å². The molecule has 0 aliphatic rings. The lowest BCUT2D eigenvalue weighted by Crippen LogP contribution is -2.25. The Bertz CT molecular complexity index is 643. The molecular formula is C19H23NO4. The zero-order valence-corrected chi connectivity index (χ0v) is 14.1. The first kappa shape index (κ1) is 17.8. The van der Waals surface area contributed by atoms with Gasteiger partial charge in [0.1, 0.15) is 6.61 Å². The molecule has 0 bridgehead atoms. The zero-order chi connectivity index (χ0) is 17.2. The molecular weight excluding hydrogens is 306 g/mol. The maximum atomic E-state index is 12.1. The van der Waals surface area contributed by atoms with Crippen LogP contribution >= 0.6 is 0 Å². The Balaban J connectivity index is 1.97. The molecule has 0 fully saturated rings. The average molecular weight is 329 g/mol. The van der Waals surface area contributed by atoms with Crippen molar-refractivity contribution in [3.63, 3.8) is 0 Å². The summed E-state index contributed by atoms with van der Waals surface area (Å²) >= 11 is 0. The van der Waals surface area contributed by atoms with Gasteiger partial charge in [-0.2, -0.15) is 0 Å². The molecule has 5 nitrogen and oxygen atoms in total. The van der Waals surface area contributed by atoms with Crippen LogP contribution in [-0.2, 0) is 11.3 Å². The van der Waals surface area contributed by atoms with Gasteiger partial charge in [-0.15, -0.1) is 0 Å². The second kappa shape index (κ2) is 9.57. The van der Waals surface area contributed by atoms with Crippen LogP contribution in [0.25, 0.3) is 0 Å². The summed E-state index contributed by atoms with van der Waals surface area (Å²) in [6.07, 6.45) is 0.775. The molecule has 2 rings (SSSR count). The number of rotatable bonds is 9. The van der Waals surface area contributed by atoms with E-state index in [2.05, 4.69) is 5.32 Å². The van der Waals surface area contributed by atoms with Crippen molar-refractivity contribution in [2.75, 3.05) is 27.4 Å². The summed E-state index contributed by atoms with van der Waals surface area (Å²) in [4.78, 5) is 12.1. The highest BCUT2D eigenvalue weighted by molar-refractivity contribution is 5.94. The van der Waals surface area contributed by atoms with E-state index in [4.69, 9.17) is 14.2 Å². The number of nitrogens with one attached hydrogen (secondary N) is 1. The average Bonchev–Trinajstić information content (AvgIpc) is 2.64. The summed E-state index contributed by atoms with van der Waals surface area (Å²) < 4.78 is 16.1. The fraction of sp³-hybridized carbons (Fsp3) is 0.316. The van der Waals surface area contributed by atoms with Crippen LogP contribution in [0.5, 0.6) is 11.5 Å². The standard InChI is InChI=1S/C19H23NO4/c1-22-12-6-11-20-19(21)16-9-10-17(18(13-16)23-2)24-14-15-7-4-3-5-8-15/h3-5,7-10,13H,6,11-12,14H2,1-2H3,(H,20,21). The molecule has 0 aromatic heterocycles. The number of hydrogen-bond donors (Lipinski definition) is 1. The molecule has 0 aliphatic heterocycles.